The number of hydrogen-bond donors (Lipinski definition) is 1. The van der Waals surface area contributed by atoms with Crippen molar-refractivity contribution in [1.29, 1.82) is 0 Å². The van der Waals surface area contributed by atoms with Gasteiger partial charge in [-0.05, 0) is 35.9 Å². The number of hydrogen-bond acceptors (Lipinski definition) is 3. The van der Waals surface area contributed by atoms with Crippen LogP contribution in [0.4, 0.5) is 5.69 Å². The average Bonchev–Trinajstić information content (AvgIpc) is 3.16. The highest BCUT2D eigenvalue weighted by Gasteiger charge is 2.23. The van der Waals surface area contributed by atoms with Crippen LogP contribution in [0.3, 0.4) is 0 Å². The standard InChI is InChI=1S/C21H17ClN2OS/c1-24(2)15-9-7-13(8-10-15)11-14-12-17(23-21(14)25)20-19(22)16-5-3-4-6-18(16)26-20/h3-12H,1-2H3,(H,23,25). The van der Waals surface area contributed by atoms with E-state index in [2.05, 4.69) is 5.32 Å². The zero-order valence-corrected chi connectivity index (χ0v) is 16.0. The van der Waals surface area contributed by atoms with Gasteiger partial charge in [0.1, 0.15) is 0 Å². The zero-order chi connectivity index (χ0) is 18.3. The number of halogens is 1. The Morgan fingerprint density at radius 1 is 1.08 bits per heavy atom. The van der Waals surface area contributed by atoms with Crippen LogP contribution in [0.2, 0.25) is 5.02 Å². The molecular formula is C21H17ClN2OS. The molecular weight excluding hydrogens is 364 g/mol. The maximum Gasteiger partial charge on any atom is 0.255 e. The minimum Gasteiger partial charge on any atom is -0.378 e. The van der Waals surface area contributed by atoms with E-state index in [4.69, 9.17) is 11.6 Å². The van der Waals surface area contributed by atoms with E-state index in [-0.39, 0.29) is 5.91 Å². The third-order valence-electron chi connectivity index (χ3n) is 4.32. The first-order chi connectivity index (χ1) is 12.5. The summed E-state index contributed by atoms with van der Waals surface area (Å²) in [5.74, 6) is -0.106. The van der Waals surface area contributed by atoms with E-state index in [0.29, 0.717) is 10.6 Å². The molecule has 130 valence electrons. The fraction of sp³-hybridized carbons (Fsp3) is 0.0952. The maximum atomic E-state index is 12.4. The molecule has 2 heterocycles. The number of nitrogens with one attached hydrogen (secondary N) is 1. The predicted molar refractivity (Wildman–Crippen MR) is 112 cm³/mol. The molecule has 3 aromatic rings. The summed E-state index contributed by atoms with van der Waals surface area (Å²) in [6.45, 7) is 0. The summed E-state index contributed by atoms with van der Waals surface area (Å²) in [5.41, 5.74) is 3.50. The topological polar surface area (TPSA) is 32.3 Å². The minimum absolute atomic E-state index is 0.106. The van der Waals surface area contributed by atoms with Crippen molar-refractivity contribution in [2.75, 3.05) is 19.0 Å². The molecule has 1 aliphatic rings. The lowest BCUT2D eigenvalue weighted by atomic mass is 10.1. The highest BCUT2D eigenvalue weighted by atomic mass is 35.5. The molecule has 0 fully saturated rings. The molecule has 3 nitrogen and oxygen atoms in total. The fourth-order valence-electron chi connectivity index (χ4n) is 2.92. The van der Waals surface area contributed by atoms with Crippen molar-refractivity contribution in [2.24, 2.45) is 0 Å². The van der Waals surface area contributed by atoms with Gasteiger partial charge in [-0.1, -0.05) is 41.9 Å². The molecule has 0 unspecified atom stereocenters. The first-order valence-electron chi connectivity index (χ1n) is 8.22. The number of thiophene rings is 1. The van der Waals surface area contributed by atoms with Crippen molar-refractivity contribution < 1.29 is 4.79 Å². The van der Waals surface area contributed by atoms with Crippen LogP contribution in [0.15, 0.2) is 60.2 Å². The molecule has 5 heteroatoms. The molecule has 0 atom stereocenters. The largest absolute Gasteiger partial charge is 0.378 e. The molecule has 0 spiro atoms. The van der Waals surface area contributed by atoms with Gasteiger partial charge in [0.25, 0.3) is 5.91 Å². The van der Waals surface area contributed by atoms with E-state index >= 15 is 0 Å². The fourth-order valence-corrected chi connectivity index (χ4v) is 4.42. The monoisotopic (exact) mass is 380 g/mol. The van der Waals surface area contributed by atoms with Gasteiger partial charge in [-0.2, -0.15) is 0 Å². The summed E-state index contributed by atoms with van der Waals surface area (Å²) in [7, 11) is 4.00. The summed E-state index contributed by atoms with van der Waals surface area (Å²) in [4.78, 5) is 15.3. The Balaban J connectivity index is 1.69. The van der Waals surface area contributed by atoms with Crippen LogP contribution < -0.4 is 10.2 Å². The normalized spacial score (nSPS) is 15.4. The summed E-state index contributed by atoms with van der Waals surface area (Å²) < 4.78 is 1.11. The molecule has 1 N–H and O–H groups in total. The van der Waals surface area contributed by atoms with E-state index in [0.717, 1.165) is 31.9 Å². The van der Waals surface area contributed by atoms with E-state index in [1.165, 1.54) is 0 Å². The van der Waals surface area contributed by atoms with Crippen molar-refractivity contribution in [1.82, 2.24) is 5.32 Å². The lowest BCUT2D eigenvalue weighted by molar-refractivity contribution is -0.115. The predicted octanol–water partition coefficient (Wildman–Crippen LogP) is 5.18. The minimum atomic E-state index is -0.106. The van der Waals surface area contributed by atoms with Gasteiger partial charge in [-0.3, -0.25) is 4.79 Å². The van der Waals surface area contributed by atoms with Crippen molar-refractivity contribution in [3.63, 3.8) is 0 Å². The molecule has 2 aromatic carbocycles. The van der Waals surface area contributed by atoms with Gasteiger partial charge in [0.2, 0.25) is 0 Å². The Kier molecular flexibility index (Phi) is 4.31. The quantitative estimate of drug-likeness (QED) is 0.635. The lowest BCUT2D eigenvalue weighted by Crippen LogP contribution is -2.15. The number of fused-ring (bicyclic) bond motifs is 1. The SMILES string of the molecule is CN(C)c1ccc(C=C2C=C(c3sc4ccccc4c3Cl)NC2=O)cc1. The Hall–Kier alpha value is -2.56. The van der Waals surface area contributed by atoms with Gasteiger partial charge < -0.3 is 10.2 Å². The number of nitrogens with zero attached hydrogens (tertiary/aromatic N) is 1. The van der Waals surface area contributed by atoms with Crippen molar-refractivity contribution in [2.45, 2.75) is 0 Å². The van der Waals surface area contributed by atoms with Crippen LogP contribution in [0.1, 0.15) is 10.4 Å². The van der Waals surface area contributed by atoms with Gasteiger partial charge >= 0.3 is 0 Å². The highest BCUT2D eigenvalue weighted by Crippen LogP contribution is 2.40. The van der Waals surface area contributed by atoms with Crippen molar-refractivity contribution in [3.05, 3.63) is 75.6 Å². The highest BCUT2D eigenvalue weighted by molar-refractivity contribution is 7.20. The van der Waals surface area contributed by atoms with Gasteiger partial charge in [-0.25, -0.2) is 0 Å². The van der Waals surface area contributed by atoms with Gasteiger partial charge in [0.15, 0.2) is 0 Å². The van der Waals surface area contributed by atoms with Crippen molar-refractivity contribution in [3.8, 4) is 0 Å². The van der Waals surface area contributed by atoms with Gasteiger partial charge in [0.05, 0.1) is 15.6 Å². The molecule has 0 saturated carbocycles. The van der Waals surface area contributed by atoms with Gasteiger partial charge in [0, 0.05) is 35.4 Å². The third-order valence-corrected chi connectivity index (χ3v) is 6.03. The second kappa shape index (κ2) is 6.63. The average molecular weight is 381 g/mol. The van der Waals surface area contributed by atoms with E-state index in [1.54, 1.807) is 11.3 Å². The molecule has 0 aliphatic carbocycles. The molecule has 0 bridgehead atoms. The van der Waals surface area contributed by atoms with E-state index in [9.17, 15) is 4.79 Å². The smallest absolute Gasteiger partial charge is 0.255 e. The van der Waals surface area contributed by atoms with E-state index < -0.39 is 0 Å². The lowest BCUT2D eigenvalue weighted by Gasteiger charge is -2.11. The Labute approximate surface area is 161 Å². The van der Waals surface area contributed by atoms with Crippen LogP contribution in [-0.4, -0.2) is 20.0 Å². The zero-order valence-electron chi connectivity index (χ0n) is 14.4. The second-order valence-corrected chi connectivity index (χ2v) is 7.77. The molecule has 4 rings (SSSR count). The number of benzene rings is 2. The van der Waals surface area contributed by atoms with Crippen LogP contribution >= 0.6 is 22.9 Å². The van der Waals surface area contributed by atoms with Crippen LogP contribution in [0, 0.1) is 0 Å². The van der Waals surface area contributed by atoms with Crippen LogP contribution in [0.5, 0.6) is 0 Å². The first kappa shape index (κ1) is 16.9. The summed E-state index contributed by atoms with van der Waals surface area (Å²) in [5, 5.41) is 4.65. The van der Waals surface area contributed by atoms with Crippen LogP contribution in [0.25, 0.3) is 21.9 Å². The number of amides is 1. The summed E-state index contributed by atoms with van der Waals surface area (Å²) >= 11 is 8.12. The molecule has 0 radical (unpaired) electrons. The Morgan fingerprint density at radius 3 is 2.50 bits per heavy atom. The second-order valence-electron chi connectivity index (χ2n) is 6.34. The summed E-state index contributed by atoms with van der Waals surface area (Å²) in [6, 6.07) is 16.1. The van der Waals surface area contributed by atoms with E-state index in [1.807, 2.05) is 79.7 Å². The van der Waals surface area contributed by atoms with Crippen molar-refractivity contribution >= 4 is 56.4 Å². The maximum absolute atomic E-state index is 12.4. The molecule has 1 aliphatic heterocycles. The van der Waals surface area contributed by atoms with Crippen LogP contribution in [-0.2, 0) is 4.79 Å². The summed E-state index contributed by atoms with van der Waals surface area (Å²) in [6.07, 6.45) is 3.77. The number of rotatable bonds is 3. The Morgan fingerprint density at radius 2 is 1.81 bits per heavy atom. The molecule has 1 amide bonds. The number of carbonyl (C=O) groups excluding carboxylic acids is 1. The first-order valence-corrected chi connectivity index (χ1v) is 9.42. The third kappa shape index (κ3) is 3.02. The number of carbonyl (C=O) groups is 1. The molecule has 1 aromatic heterocycles. The Bertz CT molecular complexity index is 1060. The van der Waals surface area contributed by atoms with Gasteiger partial charge in [-0.15, -0.1) is 11.3 Å². The molecule has 0 saturated heterocycles. The molecule has 26 heavy (non-hydrogen) atoms. The number of anilines is 1.